The molecule has 0 saturated carbocycles. The highest BCUT2D eigenvalue weighted by Crippen LogP contribution is 2.42. The van der Waals surface area contributed by atoms with Crippen molar-refractivity contribution in [3.63, 3.8) is 0 Å². The molecule has 3 aliphatic rings. The zero-order valence-electron chi connectivity index (χ0n) is 39.5. The van der Waals surface area contributed by atoms with E-state index in [2.05, 4.69) is 22.5 Å². The quantitative estimate of drug-likeness (QED) is 0.0333. The second-order valence-corrected chi connectivity index (χ2v) is 16.7. The number of rotatable bonds is 22. The van der Waals surface area contributed by atoms with E-state index < -0.39 is 11.9 Å². The van der Waals surface area contributed by atoms with Crippen molar-refractivity contribution in [2.75, 3.05) is 104 Å². The van der Waals surface area contributed by atoms with E-state index in [4.69, 9.17) is 23.4 Å². The standard InChI is InChI=1S/C54H57N5O10/c1-57(2)41-16-19-44-48(34-41)69-49-35-42(58(3)4)17-20-45(49)52(44)43-18-15-39(33-46(43)54(63)64)53(62)56-24-26-66-28-30-68-32-31-67-29-27-65-25-22-50(60)55-23-21-51(61)59-36-40-11-6-5-9-37(40)13-14-38-10-7-8-12-47(38)59/h5-12,15-20,33-35H,21-32,36H2,1-4H3,(H2-,55,56,60,62,63,64)/p+1. The van der Waals surface area contributed by atoms with E-state index >= 15 is 0 Å². The third kappa shape index (κ3) is 13.0. The van der Waals surface area contributed by atoms with E-state index in [1.807, 2.05) is 123 Å². The first-order chi connectivity index (χ1) is 33.5. The average molecular weight is 937 g/mol. The number of para-hydroxylation sites is 1. The van der Waals surface area contributed by atoms with Crippen LogP contribution in [0.1, 0.15) is 50.2 Å². The number of ether oxygens (including phenoxy) is 4. The molecule has 69 heavy (non-hydrogen) atoms. The lowest BCUT2D eigenvalue weighted by molar-refractivity contribution is -0.122. The van der Waals surface area contributed by atoms with Crippen LogP contribution >= 0.6 is 0 Å². The number of aromatic carboxylic acids is 1. The lowest BCUT2D eigenvalue weighted by Crippen LogP contribution is -2.35. The van der Waals surface area contributed by atoms with Gasteiger partial charge in [0.15, 0.2) is 0 Å². The number of carboxylic acids is 1. The fraction of sp³-hybridized carbons (Fsp3) is 0.315. The molecule has 0 radical (unpaired) electrons. The summed E-state index contributed by atoms with van der Waals surface area (Å²) >= 11 is 0. The van der Waals surface area contributed by atoms with Gasteiger partial charge in [0.2, 0.25) is 17.2 Å². The Morgan fingerprint density at radius 3 is 2.10 bits per heavy atom. The predicted octanol–water partition coefficient (Wildman–Crippen LogP) is 5.64. The summed E-state index contributed by atoms with van der Waals surface area (Å²) < 4.78 is 30.6. The van der Waals surface area contributed by atoms with Crippen LogP contribution < -0.4 is 30.4 Å². The Morgan fingerprint density at radius 1 is 0.710 bits per heavy atom. The maximum Gasteiger partial charge on any atom is 0.336 e. The van der Waals surface area contributed by atoms with Gasteiger partial charge in [0, 0.05) is 91.1 Å². The van der Waals surface area contributed by atoms with Crippen LogP contribution in [0.2, 0.25) is 0 Å². The highest BCUT2D eigenvalue weighted by molar-refractivity contribution is 6.09. The molecular formula is C54H58N5O10+. The van der Waals surface area contributed by atoms with Gasteiger partial charge in [-0.15, -0.1) is 0 Å². The van der Waals surface area contributed by atoms with Crippen molar-refractivity contribution < 1.29 is 47.6 Å². The molecule has 1 aliphatic carbocycles. The van der Waals surface area contributed by atoms with Gasteiger partial charge in [0.25, 0.3) is 5.91 Å². The molecule has 0 aromatic heterocycles. The van der Waals surface area contributed by atoms with Gasteiger partial charge in [-0.25, -0.2) is 9.37 Å². The molecular weight excluding hydrogens is 879 g/mol. The molecule has 0 unspecified atom stereocenters. The number of carbonyl (C=O) groups excluding carboxylic acids is 3. The van der Waals surface area contributed by atoms with Crippen molar-refractivity contribution in [1.29, 1.82) is 0 Å². The summed E-state index contributed by atoms with van der Waals surface area (Å²) in [5.41, 5.74) is 7.06. The zero-order valence-corrected chi connectivity index (χ0v) is 39.5. The average Bonchev–Trinajstić information content (AvgIpc) is 3.34. The molecule has 2 aliphatic heterocycles. The molecule has 4 aromatic rings. The maximum absolute atomic E-state index is 13.4. The molecule has 2 heterocycles. The zero-order chi connectivity index (χ0) is 48.7. The molecule has 3 amide bonds. The lowest BCUT2D eigenvalue weighted by atomic mass is 9.89. The van der Waals surface area contributed by atoms with E-state index in [1.165, 1.54) is 6.07 Å². The summed E-state index contributed by atoms with van der Waals surface area (Å²) in [5.74, 6) is 5.13. The molecule has 0 spiro atoms. The first-order valence-electron chi connectivity index (χ1n) is 22.9. The molecule has 7 rings (SSSR count). The number of carboxylic acid groups (broad SMARTS) is 1. The minimum atomic E-state index is -1.16. The first-order valence-corrected chi connectivity index (χ1v) is 22.9. The Morgan fingerprint density at radius 2 is 1.38 bits per heavy atom. The Labute approximate surface area is 401 Å². The SMILES string of the molecule is CN(C)c1ccc2c(-c3ccc(C(=O)NCCOCCOCCOCCOCCC(=O)NCCC(=O)N4Cc5ccccc5C#Cc5ccccc54)cc3C(=O)O)c3ccc(=[N+](C)C)cc-3oc2c1. The van der Waals surface area contributed by atoms with Gasteiger partial charge in [-0.05, 0) is 59.7 Å². The van der Waals surface area contributed by atoms with Crippen LogP contribution in [0.5, 0.6) is 0 Å². The van der Waals surface area contributed by atoms with E-state index in [0.29, 0.717) is 68.7 Å². The van der Waals surface area contributed by atoms with Crippen LogP contribution in [-0.4, -0.2) is 123 Å². The van der Waals surface area contributed by atoms with E-state index in [0.717, 1.165) is 44.4 Å². The summed E-state index contributed by atoms with van der Waals surface area (Å²) in [6, 6.07) is 31.7. The molecule has 0 bridgehead atoms. The monoisotopic (exact) mass is 936 g/mol. The minimum Gasteiger partial charge on any atom is -0.478 e. The third-order valence-corrected chi connectivity index (χ3v) is 11.5. The van der Waals surface area contributed by atoms with Crippen LogP contribution in [0.3, 0.4) is 0 Å². The minimum absolute atomic E-state index is 0.00750. The summed E-state index contributed by atoms with van der Waals surface area (Å²) in [5, 5.41) is 17.7. The van der Waals surface area contributed by atoms with Gasteiger partial charge in [0.05, 0.1) is 76.7 Å². The molecule has 3 N–H and O–H groups in total. The van der Waals surface area contributed by atoms with Gasteiger partial charge in [0.1, 0.15) is 25.4 Å². The normalized spacial score (nSPS) is 11.7. The number of nitrogens with zero attached hydrogens (tertiary/aromatic N) is 3. The largest absolute Gasteiger partial charge is 0.478 e. The maximum atomic E-state index is 13.4. The number of benzene rings is 5. The first kappa shape index (κ1) is 49.6. The van der Waals surface area contributed by atoms with Crippen molar-refractivity contribution in [2.24, 2.45) is 0 Å². The predicted molar refractivity (Wildman–Crippen MR) is 265 cm³/mol. The number of hydrogen-bond acceptors (Lipinski definition) is 10. The highest BCUT2D eigenvalue weighted by atomic mass is 16.6. The molecule has 0 saturated heterocycles. The molecule has 15 heteroatoms. The van der Waals surface area contributed by atoms with Crippen molar-refractivity contribution in [2.45, 2.75) is 19.4 Å². The van der Waals surface area contributed by atoms with Crippen LogP contribution in [-0.2, 0) is 35.1 Å². The number of anilines is 2. The van der Waals surface area contributed by atoms with Gasteiger partial charge in [-0.1, -0.05) is 48.2 Å². The smallest absolute Gasteiger partial charge is 0.336 e. The number of nitrogens with one attached hydrogen (secondary N) is 2. The van der Waals surface area contributed by atoms with Crippen LogP contribution in [0.25, 0.3) is 33.4 Å². The molecule has 15 nitrogen and oxygen atoms in total. The van der Waals surface area contributed by atoms with E-state index in [-0.39, 0.29) is 62.1 Å². The lowest BCUT2D eigenvalue weighted by Gasteiger charge is -2.26. The molecule has 0 atom stereocenters. The summed E-state index contributed by atoms with van der Waals surface area (Å²) in [7, 11) is 7.77. The second kappa shape index (κ2) is 24.1. The van der Waals surface area contributed by atoms with Gasteiger partial charge in [-0.2, -0.15) is 0 Å². The van der Waals surface area contributed by atoms with Crippen molar-refractivity contribution in [3.05, 3.63) is 136 Å². The van der Waals surface area contributed by atoms with Crippen molar-refractivity contribution >= 4 is 46.0 Å². The Hall–Kier alpha value is -7.35. The number of carbonyl (C=O) groups is 4. The number of fused-ring (bicyclic) bond motifs is 4. The van der Waals surface area contributed by atoms with E-state index in [9.17, 15) is 24.3 Å². The van der Waals surface area contributed by atoms with Gasteiger partial charge < -0.3 is 48.9 Å². The Bertz CT molecular complexity index is 2910. The molecule has 4 aromatic carbocycles. The van der Waals surface area contributed by atoms with Crippen molar-refractivity contribution in [1.82, 2.24) is 15.2 Å². The summed E-state index contributed by atoms with van der Waals surface area (Å²) in [6.45, 7) is 3.27. The Balaban J connectivity index is 0.755. The number of hydrogen-bond donors (Lipinski definition) is 3. The molecule has 358 valence electrons. The van der Waals surface area contributed by atoms with Crippen LogP contribution in [0.15, 0.2) is 108 Å². The van der Waals surface area contributed by atoms with Crippen LogP contribution in [0, 0.1) is 11.8 Å². The van der Waals surface area contributed by atoms with Crippen molar-refractivity contribution in [3.8, 4) is 34.3 Å². The summed E-state index contributed by atoms with van der Waals surface area (Å²) in [6.07, 6.45) is 0.306. The second-order valence-electron chi connectivity index (χ2n) is 16.7. The fourth-order valence-corrected chi connectivity index (χ4v) is 7.80. The van der Waals surface area contributed by atoms with Gasteiger partial charge >= 0.3 is 5.97 Å². The number of amides is 3. The van der Waals surface area contributed by atoms with Crippen LogP contribution in [0.4, 0.5) is 11.4 Å². The summed E-state index contributed by atoms with van der Waals surface area (Å²) in [4.78, 5) is 55.4. The Kier molecular flexibility index (Phi) is 17.3. The fourth-order valence-electron chi connectivity index (χ4n) is 7.80. The highest BCUT2D eigenvalue weighted by Gasteiger charge is 2.25. The molecule has 0 fully saturated rings. The van der Waals surface area contributed by atoms with E-state index in [1.54, 1.807) is 17.0 Å². The topological polar surface area (TPSA) is 172 Å². The van der Waals surface area contributed by atoms with Gasteiger partial charge in [-0.3, -0.25) is 14.4 Å². The third-order valence-electron chi connectivity index (χ3n) is 11.5.